The Hall–Kier alpha value is -2.21. The van der Waals surface area contributed by atoms with Gasteiger partial charge < -0.3 is 104 Å². The molecule has 0 radical (unpaired) electrons. The van der Waals surface area contributed by atoms with Crippen molar-refractivity contribution in [3.8, 4) is 0 Å². The Labute approximate surface area is 587 Å². The highest BCUT2D eigenvalue weighted by molar-refractivity contribution is 7.99. The maximum absolute atomic E-state index is 12.4. The van der Waals surface area contributed by atoms with Gasteiger partial charge in [0.2, 0.25) is 0 Å². The topological polar surface area (TPSA) is 326 Å². The van der Waals surface area contributed by atoms with E-state index in [1.165, 1.54) is 23.5 Å². The van der Waals surface area contributed by atoms with Crippen molar-refractivity contribution in [2.75, 3.05) is 187 Å². The first-order chi connectivity index (χ1) is 44.7. The number of alkyl carbamates (subject to hydrolysis) is 2. The van der Waals surface area contributed by atoms with E-state index in [0.717, 1.165) is 25.9 Å². The highest BCUT2D eigenvalue weighted by Crippen LogP contribution is 2.19. The number of nitrogens with one attached hydrogen (secondary N) is 2. The van der Waals surface area contributed by atoms with Crippen molar-refractivity contribution in [1.82, 2.24) is 20.4 Å². The number of amides is 2. The van der Waals surface area contributed by atoms with Crippen LogP contribution in [0.1, 0.15) is 122 Å². The molecule has 0 bridgehead atoms. The first-order valence-electron chi connectivity index (χ1n) is 32.4. The van der Waals surface area contributed by atoms with Crippen LogP contribution >= 0.6 is 36.2 Å². The molecule has 5 unspecified atom stereocenters. The quantitative estimate of drug-likeness (QED) is 0.00754. The second-order valence-electron chi connectivity index (χ2n) is 19.0. The summed E-state index contributed by atoms with van der Waals surface area (Å²) in [5.41, 5.74) is 0.397. The third kappa shape index (κ3) is 68.3. The molecule has 0 saturated carbocycles. The molecule has 0 aromatic rings. The fourth-order valence-electron chi connectivity index (χ4n) is 6.16. The molecule has 0 fully saturated rings. The molecule has 0 rings (SSSR count). The molecule has 0 aliphatic heterocycles. The van der Waals surface area contributed by atoms with Gasteiger partial charge in [-0.3, -0.25) is 9.59 Å². The first-order valence-corrected chi connectivity index (χ1v) is 41.1. The van der Waals surface area contributed by atoms with E-state index in [0.29, 0.717) is 91.4 Å². The van der Waals surface area contributed by atoms with Crippen LogP contribution in [0.4, 0.5) is 9.59 Å². The lowest BCUT2D eigenvalue weighted by molar-refractivity contribution is -0.148. The Bertz CT molecular complexity index is 1650. The first kappa shape index (κ1) is 110. The molecule has 0 aliphatic rings. The Morgan fingerprint density at radius 2 is 0.809 bits per heavy atom. The number of aliphatic hydroxyl groups excluding tert-OH is 4. The fraction of sp³-hybridized carbons (Fsp3) is 0.885. The van der Waals surface area contributed by atoms with Gasteiger partial charge in [0.1, 0.15) is 12.7 Å². The summed E-state index contributed by atoms with van der Waals surface area (Å²) >= 11 is 6.52. The molecule has 0 aromatic carbocycles. The molecular weight excluding hydrogens is 1340 g/mol. The fourth-order valence-corrected chi connectivity index (χ4v) is 13.4. The minimum absolute atomic E-state index is 0.0966. The molecule has 0 saturated heterocycles. The average molecular weight is 1480 g/mol. The molecule has 0 aromatic heterocycles. The molecule has 27 nitrogen and oxygen atoms in total. The number of carbonyl (C=O) groups excluding carboxylic acids is 5. The van der Waals surface area contributed by atoms with E-state index in [4.69, 9.17) is 78.8 Å². The zero-order valence-corrected chi connectivity index (χ0v) is 68.6. The van der Waals surface area contributed by atoms with Crippen LogP contribution < -0.4 is 10.6 Å². The number of thioether (sulfide) groups is 2. The Kier molecular flexibility index (Phi) is 93.7. The number of aliphatic hydroxyl groups is 4. The molecule has 6 N–H and O–H groups in total. The monoisotopic (exact) mass is 1470 g/mol. The van der Waals surface area contributed by atoms with Gasteiger partial charge in [-0.05, 0) is 80.3 Å². The number of carbonyl (C=O) groups is 5. The number of hydrogen-bond acceptors (Lipinski definition) is 28. The largest absolute Gasteiger partial charge is 0.500 e. The van der Waals surface area contributed by atoms with Crippen molar-refractivity contribution >= 4 is 92.7 Å². The highest BCUT2D eigenvalue weighted by atomic mass is 32.2. The van der Waals surface area contributed by atoms with E-state index in [9.17, 15) is 29.1 Å². The summed E-state index contributed by atoms with van der Waals surface area (Å²) in [5, 5.41) is 39.7. The summed E-state index contributed by atoms with van der Waals surface area (Å²) in [7, 11) is 13.9. The predicted octanol–water partition coefficient (Wildman–Crippen LogP) is 8.19. The van der Waals surface area contributed by atoms with E-state index in [-0.39, 0.29) is 62.8 Å². The Balaban J connectivity index is -0.000000160. The van der Waals surface area contributed by atoms with Crippen LogP contribution in [0.5, 0.6) is 0 Å². The van der Waals surface area contributed by atoms with E-state index >= 15 is 0 Å². The van der Waals surface area contributed by atoms with Crippen LogP contribution in [-0.2, 0) is 77.9 Å². The van der Waals surface area contributed by atoms with Crippen molar-refractivity contribution in [1.29, 1.82) is 0 Å². The van der Waals surface area contributed by atoms with E-state index in [1.807, 2.05) is 107 Å². The van der Waals surface area contributed by atoms with Crippen molar-refractivity contribution in [3.63, 3.8) is 0 Å². The smallest absolute Gasteiger partial charge is 0.465 e. The lowest BCUT2D eigenvalue weighted by Gasteiger charge is -2.24. The van der Waals surface area contributed by atoms with Crippen LogP contribution in [0.3, 0.4) is 0 Å². The number of esters is 3. The second kappa shape index (κ2) is 79.8. The minimum atomic E-state index is -2.70. The SMILES string of the molecule is C=C(C)C(=O)OCCC[Si](OC)(OC)OC.CC.CC.CC.CC.CC.CO[Si](CCCOC(=O)C(C)CSCC(COC(=O)NCCCN(C)C)OC(=O)NCCCN(C)C)(OC)OC.CO[Si](CCCOC(=O)C(C)CSCC(O)CO)(OC)OC.OCC(O)CS. The van der Waals surface area contributed by atoms with Crippen LogP contribution in [0.25, 0.3) is 0 Å². The van der Waals surface area contributed by atoms with Crippen LogP contribution in [0.15, 0.2) is 12.2 Å². The molecule has 33 heteroatoms. The number of nitrogens with zero attached hydrogens (tertiary/aromatic N) is 2. The molecule has 570 valence electrons. The average Bonchev–Trinajstić information content (AvgIpc) is 1.79. The molecule has 2 amide bonds. The lowest BCUT2D eigenvalue weighted by atomic mass is 10.2. The maximum atomic E-state index is 12.4. The van der Waals surface area contributed by atoms with Gasteiger partial charge in [0.05, 0.1) is 57.1 Å². The Morgan fingerprint density at radius 1 is 0.489 bits per heavy atom. The van der Waals surface area contributed by atoms with Crippen molar-refractivity contribution in [2.45, 2.75) is 159 Å². The summed E-state index contributed by atoms with van der Waals surface area (Å²) in [6.07, 6.45) is 0.159. The van der Waals surface area contributed by atoms with Crippen molar-refractivity contribution in [3.05, 3.63) is 12.2 Å². The zero-order chi connectivity index (χ0) is 75.0. The van der Waals surface area contributed by atoms with Crippen LogP contribution in [0.2, 0.25) is 18.1 Å². The zero-order valence-electron chi connectivity index (χ0n) is 63.1. The van der Waals surface area contributed by atoms with Crippen LogP contribution in [-0.4, -0.2) is 292 Å². The Morgan fingerprint density at radius 3 is 1.10 bits per heavy atom. The summed E-state index contributed by atoms with van der Waals surface area (Å²) < 4.78 is 74.0. The lowest BCUT2D eigenvalue weighted by Crippen LogP contribution is -2.42. The number of ether oxygens (including phenoxy) is 5. The van der Waals surface area contributed by atoms with Gasteiger partial charge in [-0.25, -0.2) is 14.4 Å². The molecular formula is C61H138N4O23S3Si3. The molecule has 0 heterocycles. The van der Waals surface area contributed by atoms with E-state index in [1.54, 1.807) is 84.8 Å². The van der Waals surface area contributed by atoms with Gasteiger partial charge in [0.25, 0.3) is 0 Å². The third-order valence-corrected chi connectivity index (χ3v) is 22.9. The number of thiol groups is 1. The van der Waals surface area contributed by atoms with Gasteiger partial charge in [0.15, 0.2) is 0 Å². The predicted molar refractivity (Wildman–Crippen MR) is 390 cm³/mol. The molecule has 5 atom stereocenters. The van der Waals surface area contributed by atoms with Crippen molar-refractivity contribution < 1.29 is 108 Å². The maximum Gasteiger partial charge on any atom is 0.500 e. The van der Waals surface area contributed by atoms with Gasteiger partial charge in [-0.2, -0.15) is 36.2 Å². The van der Waals surface area contributed by atoms with E-state index < -0.39 is 56.9 Å². The number of rotatable bonds is 46. The minimum Gasteiger partial charge on any atom is -0.465 e. The summed E-state index contributed by atoms with van der Waals surface area (Å²) in [5.74, 6) is 0.469. The standard InChI is InChI=1S/C25H52N4O9SSi.C13H28O7SSi.C10H20O5Si.C3H8O2S.5C2H6/c1-21(23(30)36-16-11-17-40(33-6,34-7)35-8)19-39-20-22(38-25(32)27-13-10-15-29(4)5)18-37-24(31)26-12-9-14-28(2)3;1-11(9-21-10-12(15)8-14)13(16)20-6-5-7-22(17-2,18-3)19-4;1-9(2)10(11)15-7-6-8-16(12-3,13-4)14-5;4-1-3(5)2-6;5*1-2/h21-22H,9-20H2,1-8H3,(H,26,31)(H,27,32);11-12,14-15H,5-10H2,1-4H3;1,6-8H2,2-5H3;3-6H,1-2H2;5*1-2H3. The molecule has 0 spiro atoms. The summed E-state index contributed by atoms with van der Waals surface area (Å²) in [4.78, 5) is 63.7. The van der Waals surface area contributed by atoms with Gasteiger partial charge in [-0.1, -0.05) is 89.7 Å². The third-order valence-electron chi connectivity index (χ3n) is 11.3. The molecule has 94 heavy (non-hydrogen) atoms. The number of hydrogen-bond donors (Lipinski definition) is 7. The second-order valence-corrected chi connectivity index (χ2v) is 30.8. The summed E-state index contributed by atoms with van der Waals surface area (Å²) in [6, 6.07) is 1.72. The summed E-state index contributed by atoms with van der Waals surface area (Å²) in [6.45, 7) is 31.6. The van der Waals surface area contributed by atoms with E-state index in [2.05, 4.69) is 29.8 Å². The van der Waals surface area contributed by atoms with Crippen molar-refractivity contribution in [2.24, 2.45) is 11.8 Å². The van der Waals surface area contributed by atoms with Gasteiger partial charge in [0, 0.05) is 130 Å². The van der Waals surface area contributed by atoms with Crippen LogP contribution in [0, 0.1) is 11.8 Å². The normalized spacial score (nSPS) is 12.2. The molecule has 0 aliphatic carbocycles. The van der Waals surface area contributed by atoms with Gasteiger partial charge in [-0.15, -0.1) is 0 Å². The highest BCUT2D eigenvalue weighted by Gasteiger charge is 2.39. The van der Waals surface area contributed by atoms with Gasteiger partial charge >= 0.3 is 56.5 Å².